The van der Waals surface area contributed by atoms with Gasteiger partial charge in [0.05, 0.1) is 11.4 Å². The molecule has 1 heterocycles. The summed E-state index contributed by atoms with van der Waals surface area (Å²) in [5.41, 5.74) is 2.94. The van der Waals surface area contributed by atoms with E-state index in [1.54, 1.807) is 6.08 Å². The summed E-state index contributed by atoms with van der Waals surface area (Å²) in [4.78, 5) is 17.2. The van der Waals surface area contributed by atoms with Gasteiger partial charge in [-0.3, -0.25) is 4.79 Å². The van der Waals surface area contributed by atoms with Gasteiger partial charge in [-0.15, -0.1) is 0 Å². The van der Waals surface area contributed by atoms with Gasteiger partial charge in [0, 0.05) is 36.7 Å². The lowest BCUT2D eigenvalue weighted by molar-refractivity contribution is -0.111. The van der Waals surface area contributed by atoms with E-state index >= 15 is 0 Å². The number of para-hydroxylation sites is 2. The second-order valence-corrected chi connectivity index (χ2v) is 7.23. The van der Waals surface area contributed by atoms with Crippen LogP contribution in [0.1, 0.15) is 12.5 Å². The maximum absolute atomic E-state index is 12.4. The smallest absolute Gasteiger partial charge is 0.248 e. The molecular formula is C21H24BrN3O. The highest BCUT2D eigenvalue weighted by Crippen LogP contribution is 2.26. The fourth-order valence-corrected chi connectivity index (χ4v) is 3.53. The van der Waals surface area contributed by atoms with E-state index in [1.807, 2.05) is 48.5 Å². The van der Waals surface area contributed by atoms with Crippen LogP contribution in [0.15, 0.2) is 59.1 Å². The largest absolute Gasteiger partial charge is 0.367 e. The molecule has 0 spiro atoms. The molecular weight excluding hydrogens is 390 g/mol. The number of hydrogen-bond acceptors (Lipinski definition) is 3. The average Bonchev–Trinajstić information content (AvgIpc) is 2.67. The first-order chi connectivity index (χ1) is 12.7. The summed E-state index contributed by atoms with van der Waals surface area (Å²) in [5, 5.41) is 3.03. The van der Waals surface area contributed by atoms with Gasteiger partial charge in [0.1, 0.15) is 0 Å². The summed E-state index contributed by atoms with van der Waals surface area (Å²) in [6.07, 6.45) is 3.40. The van der Waals surface area contributed by atoms with Crippen LogP contribution in [0.25, 0.3) is 6.08 Å². The average molecular weight is 414 g/mol. The Morgan fingerprint density at radius 3 is 2.62 bits per heavy atom. The molecule has 1 N–H and O–H groups in total. The Bertz CT molecular complexity index is 782. The molecule has 0 saturated carbocycles. The van der Waals surface area contributed by atoms with Crippen LogP contribution in [-0.4, -0.2) is 43.5 Å². The van der Waals surface area contributed by atoms with Crippen LogP contribution in [0.2, 0.25) is 0 Å². The maximum Gasteiger partial charge on any atom is 0.248 e. The third-order valence-corrected chi connectivity index (χ3v) is 5.09. The molecule has 136 valence electrons. The number of carbonyl (C=O) groups excluding carboxylic acids is 1. The minimum Gasteiger partial charge on any atom is -0.367 e. The second-order valence-electron chi connectivity index (χ2n) is 6.32. The number of halogens is 1. The number of rotatable bonds is 5. The number of benzene rings is 2. The maximum atomic E-state index is 12.4. The summed E-state index contributed by atoms with van der Waals surface area (Å²) < 4.78 is 0.997. The molecule has 26 heavy (non-hydrogen) atoms. The van der Waals surface area contributed by atoms with Gasteiger partial charge in [0.25, 0.3) is 0 Å². The quantitative estimate of drug-likeness (QED) is 0.744. The molecule has 1 amide bonds. The summed E-state index contributed by atoms with van der Waals surface area (Å²) in [7, 11) is 0. The zero-order valence-electron chi connectivity index (χ0n) is 15.0. The number of carbonyl (C=O) groups is 1. The number of hydrogen-bond donors (Lipinski definition) is 1. The van der Waals surface area contributed by atoms with E-state index in [1.165, 1.54) is 0 Å². The van der Waals surface area contributed by atoms with E-state index in [4.69, 9.17) is 0 Å². The highest BCUT2D eigenvalue weighted by atomic mass is 79.9. The minimum atomic E-state index is -0.121. The van der Waals surface area contributed by atoms with E-state index in [0.29, 0.717) is 0 Å². The third kappa shape index (κ3) is 4.96. The van der Waals surface area contributed by atoms with Crippen molar-refractivity contribution < 1.29 is 4.79 Å². The zero-order valence-corrected chi connectivity index (χ0v) is 16.6. The van der Waals surface area contributed by atoms with Gasteiger partial charge in [0.2, 0.25) is 5.91 Å². The topological polar surface area (TPSA) is 35.6 Å². The number of likely N-dealkylation sites (N-methyl/N-ethyl adjacent to an activating group) is 1. The Kier molecular flexibility index (Phi) is 6.47. The van der Waals surface area contributed by atoms with Gasteiger partial charge in [-0.2, -0.15) is 0 Å². The fourth-order valence-electron chi connectivity index (χ4n) is 3.12. The van der Waals surface area contributed by atoms with Crippen molar-refractivity contribution in [1.82, 2.24) is 4.90 Å². The van der Waals surface area contributed by atoms with Crippen LogP contribution in [0.5, 0.6) is 0 Å². The molecule has 0 aromatic heterocycles. The van der Waals surface area contributed by atoms with Crippen LogP contribution < -0.4 is 10.2 Å². The predicted molar refractivity (Wildman–Crippen MR) is 113 cm³/mol. The van der Waals surface area contributed by atoms with Crippen LogP contribution in [-0.2, 0) is 4.79 Å². The number of amides is 1. The molecule has 0 atom stereocenters. The SMILES string of the molecule is CCN1CCN(c2ccccc2NC(=O)/C=C/c2cccc(Br)c2)CC1. The van der Waals surface area contributed by atoms with E-state index in [0.717, 1.165) is 54.1 Å². The van der Waals surface area contributed by atoms with E-state index in [-0.39, 0.29) is 5.91 Å². The monoisotopic (exact) mass is 413 g/mol. The highest BCUT2D eigenvalue weighted by molar-refractivity contribution is 9.10. The molecule has 2 aromatic rings. The standard InChI is InChI=1S/C21H24BrN3O/c1-2-24-12-14-25(15-13-24)20-9-4-3-8-19(20)23-21(26)11-10-17-6-5-7-18(22)16-17/h3-11,16H,2,12-15H2,1H3,(H,23,26)/b11-10+. The fraction of sp³-hybridized carbons (Fsp3) is 0.286. The Labute approximate surface area is 163 Å². The van der Waals surface area contributed by atoms with Gasteiger partial charge >= 0.3 is 0 Å². The molecule has 5 heteroatoms. The molecule has 1 aliphatic heterocycles. The zero-order chi connectivity index (χ0) is 18.4. The molecule has 2 aromatic carbocycles. The Morgan fingerprint density at radius 2 is 1.88 bits per heavy atom. The lowest BCUT2D eigenvalue weighted by atomic mass is 10.2. The molecule has 3 rings (SSSR count). The van der Waals surface area contributed by atoms with Crippen molar-refractivity contribution >= 4 is 39.3 Å². The lowest BCUT2D eigenvalue weighted by Gasteiger charge is -2.36. The minimum absolute atomic E-state index is 0.121. The van der Waals surface area contributed by atoms with E-state index < -0.39 is 0 Å². The number of piperazine rings is 1. The summed E-state index contributed by atoms with van der Waals surface area (Å²) in [6.45, 7) is 7.36. The van der Waals surface area contributed by atoms with Crippen molar-refractivity contribution in [2.75, 3.05) is 42.9 Å². The first-order valence-corrected chi connectivity index (χ1v) is 9.76. The normalized spacial score (nSPS) is 15.4. The van der Waals surface area contributed by atoms with Crippen molar-refractivity contribution in [2.24, 2.45) is 0 Å². The van der Waals surface area contributed by atoms with Gasteiger partial charge in [-0.1, -0.05) is 47.1 Å². The van der Waals surface area contributed by atoms with Gasteiger partial charge in [-0.05, 0) is 42.4 Å². The second kappa shape index (κ2) is 9.01. The summed E-state index contributed by atoms with van der Waals surface area (Å²) in [5.74, 6) is -0.121. The van der Waals surface area contributed by atoms with Crippen molar-refractivity contribution in [1.29, 1.82) is 0 Å². The van der Waals surface area contributed by atoms with Gasteiger partial charge < -0.3 is 15.1 Å². The first kappa shape index (κ1) is 18.7. The van der Waals surface area contributed by atoms with Gasteiger partial charge in [-0.25, -0.2) is 0 Å². The van der Waals surface area contributed by atoms with Crippen LogP contribution in [0.4, 0.5) is 11.4 Å². The van der Waals surface area contributed by atoms with Crippen molar-refractivity contribution in [3.63, 3.8) is 0 Å². The summed E-state index contributed by atoms with van der Waals surface area (Å²) >= 11 is 3.44. The third-order valence-electron chi connectivity index (χ3n) is 4.60. The van der Waals surface area contributed by atoms with Crippen LogP contribution in [0, 0.1) is 0 Å². The Balaban J connectivity index is 1.67. The van der Waals surface area contributed by atoms with Crippen molar-refractivity contribution in [2.45, 2.75) is 6.92 Å². The molecule has 4 nitrogen and oxygen atoms in total. The van der Waals surface area contributed by atoms with Gasteiger partial charge in [0.15, 0.2) is 0 Å². The Hall–Kier alpha value is -2.11. The summed E-state index contributed by atoms with van der Waals surface area (Å²) in [6, 6.07) is 15.9. The number of nitrogens with zero attached hydrogens (tertiary/aromatic N) is 2. The molecule has 1 aliphatic rings. The molecule has 0 radical (unpaired) electrons. The molecule has 1 fully saturated rings. The lowest BCUT2D eigenvalue weighted by Crippen LogP contribution is -2.46. The van der Waals surface area contributed by atoms with Crippen molar-refractivity contribution in [3.05, 3.63) is 64.6 Å². The Morgan fingerprint density at radius 1 is 1.12 bits per heavy atom. The predicted octanol–water partition coefficient (Wildman–Crippen LogP) is 4.24. The molecule has 0 aliphatic carbocycles. The van der Waals surface area contributed by atoms with Crippen LogP contribution >= 0.6 is 15.9 Å². The van der Waals surface area contributed by atoms with E-state index in [2.05, 4.69) is 44.0 Å². The number of anilines is 2. The van der Waals surface area contributed by atoms with Crippen molar-refractivity contribution in [3.8, 4) is 0 Å². The highest BCUT2D eigenvalue weighted by Gasteiger charge is 2.18. The molecule has 0 bridgehead atoms. The van der Waals surface area contributed by atoms with Crippen LogP contribution in [0.3, 0.4) is 0 Å². The van der Waals surface area contributed by atoms with E-state index in [9.17, 15) is 4.79 Å². The molecule has 1 saturated heterocycles. The number of nitrogens with one attached hydrogen (secondary N) is 1. The molecule has 0 unspecified atom stereocenters. The first-order valence-electron chi connectivity index (χ1n) is 8.96.